The summed E-state index contributed by atoms with van der Waals surface area (Å²) in [5, 5.41) is 23.9. The Bertz CT molecular complexity index is 697. The van der Waals surface area contributed by atoms with Crippen LogP contribution in [0.15, 0.2) is 24.7 Å². The summed E-state index contributed by atoms with van der Waals surface area (Å²) in [6.45, 7) is 0.388. The smallest absolute Gasteiger partial charge is 0.339 e. The number of nitro groups is 1. The highest BCUT2D eigenvalue weighted by Crippen LogP contribution is 2.23. The van der Waals surface area contributed by atoms with Gasteiger partial charge in [0.1, 0.15) is 17.6 Å². The lowest BCUT2D eigenvalue weighted by molar-refractivity contribution is -0.385. The molecular formula is C12H13N5O4. The van der Waals surface area contributed by atoms with E-state index in [4.69, 9.17) is 0 Å². The fourth-order valence-electron chi connectivity index (χ4n) is 1.91. The highest BCUT2D eigenvalue weighted by Gasteiger charge is 2.20. The Hall–Kier alpha value is -2.97. The molecule has 0 aromatic carbocycles. The Labute approximate surface area is 119 Å². The van der Waals surface area contributed by atoms with E-state index < -0.39 is 10.9 Å². The van der Waals surface area contributed by atoms with E-state index in [2.05, 4.69) is 10.1 Å². The third kappa shape index (κ3) is 3.14. The summed E-state index contributed by atoms with van der Waals surface area (Å²) in [7, 11) is 3.43. The van der Waals surface area contributed by atoms with E-state index in [0.29, 0.717) is 6.54 Å². The number of carbonyl (C=O) groups is 1. The predicted octanol–water partition coefficient (Wildman–Crippen LogP) is 1.06. The lowest BCUT2D eigenvalue weighted by Gasteiger charge is -2.18. The normalized spacial score (nSPS) is 10.4. The van der Waals surface area contributed by atoms with Crippen LogP contribution in [0.3, 0.4) is 0 Å². The first kappa shape index (κ1) is 14.4. The Kier molecular flexibility index (Phi) is 3.83. The molecule has 110 valence electrons. The molecule has 0 saturated carbocycles. The summed E-state index contributed by atoms with van der Waals surface area (Å²) in [6.07, 6.45) is 4.49. The molecule has 0 aliphatic rings. The average molecular weight is 291 g/mol. The molecule has 0 unspecified atom stereocenters. The first-order valence-corrected chi connectivity index (χ1v) is 5.95. The molecule has 0 amide bonds. The van der Waals surface area contributed by atoms with Crippen molar-refractivity contribution < 1.29 is 14.8 Å². The van der Waals surface area contributed by atoms with Crippen molar-refractivity contribution in [3.8, 4) is 0 Å². The summed E-state index contributed by atoms with van der Waals surface area (Å²) in [5.41, 5.74) is 0.304. The van der Waals surface area contributed by atoms with Crippen LogP contribution in [0.1, 0.15) is 15.9 Å². The van der Waals surface area contributed by atoms with Gasteiger partial charge in [0.05, 0.1) is 11.1 Å². The maximum Gasteiger partial charge on any atom is 0.339 e. The van der Waals surface area contributed by atoms with Gasteiger partial charge in [-0.2, -0.15) is 5.10 Å². The maximum absolute atomic E-state index is 11.3. The Morgan fingerprint density at radius 2 is 2.24 bits per heavy atom. The molecule has 2 rings (SSSR count). The Morgan fingerprint density at radius 1 is 1.52 bits per heavy atom. The molecule has 9 heteroatoms. The van der Waals surface area contributed by atoms with E-state index in [0.717, 1.165) is 17.8 Å². The third-order valence-corrected chi connectivity index (χ3v) is 2.83. The van der Waals surface area contributed by atoms with Crippen LogP contribution in [0.2, 0.25) is 0 Å². The number of aromatic nitrogens is 3. The number of nitrogens with zero attached hydrogens (tertiary/aromatic N) is 5. The minimum atomic E-state index is -1.26. The molecule has 21 heavy (non-hydrogen) atoms. The standard InChI is InChI=1S/C12H13N5O4/c1-15(6-8-4-14-16(2)7-8)11-10(12(18)19)3-9(5-13-11)17(20)21/h3-5,7H,6H2,1-2H3,(H,18,19). The lowest BCUT2D eigenvalue weighted by Crippen LogP contribution is -2.20. The molecule has 2 aromatic rings. The van der Waals surface area contributed by atoms with Crippen LogP contribution >= 0.6 is 0 Å². The number of aryl methyl sites for hydroxylation is 1. The van der Waals surface area contributed by atoms with Gasteiger partial charge in [-0.25, -0.2) is 9.78 Å². The summed E-state index contributed by atoms with van der Waals surface area (Å²) >= 11 is 0. The van der Waals surface area contributed by atoms with Crippen molar-refractivity contribution in [3.05, 3.63) is 45.9 Å². The van der Waals surface area contributed by atoms with Crippen molar-refractivity contribution in [3.63, 3.8) is 0 Å². The second kappa shape index (κ2) is 5.57. The molecule has 2 heterocycles. The average Bonchev–Trinajstić information content (AvgIpc) is 2.83. The molecule has 2 aromatic heterocycles. The van der Waals surface area contributed by atoms with Crippen LogP contribution in [0.4, 0.5) is 11.5 Å². The topological polar surface area (TPSA) is 114 Å². The minimum absolute atomic E-state index is 0.164. The molecule has 0 saturated heterocycles. The van der Waals surface area contributed by atoms with Gasteiger partial charge in [0.2, 0.25) is 0 Å². The van der Waals surface area contributed by atoms with Gasteiger partial charge in [-0.3, -0.25) is 14.8 Å². The van der Waals surface area contributed by atoms with Gasteiger partial charge in [-0.15, -0.1) is 0 Å². The van der Waals surface area contributed by atoms with Crippen molar-refractivity contribution in [2.45, 2.75) is 6.54 Å². The van der Waals surface area contributed by atoms with Gasteiger partial charge < -0.3 is 10.0 Å². The Balaban J connectivity index is 2.33. The zero-order valence-electron chi connectivity index (χ0n) is 11.4. The molecule has 9 nitrogen and oxygen atoms in total. The van der Waals surface area contributed by atoms with Gasteiger partial charge in [0.15, 0.2) is 0 Å². The number of carboxylic acids is 1. The van der Waals surface area contributed by atoms with Gasteiger partial charge in [0.25, 0.3) is 5.69 Å². The van der Waals surface area contributed by atoms with E-state index in [1.807, 2.05) is 0 Å². The second-order valence-electron chi connectivity index (χ2n) is 4.51. The van der Waals surface area contributed by atoms with E-state index in [1.165, 1.54) is 0 Å². The van der Waals surface area contributed by atoms with Crippen molar-refractivity contribution in [2.24, 2.45) is 7.05 Å². The summed E-state index contributed by atoms with van der Waals surface area (Å²) in [5.74, 6) is -1.10. The highest BCUT2D eigenvalue weighted by atomic mass is 16.6. The zero-order valence-corrected chi connectivity index (χ0v) is 11.4. The Morgan fingerprint density at radius 3 is 2.76 bits per heavy atom. The molecule has 0 bridgehead atoms. The molecule has 0 radical (unpaired) electrons. The second-order valence-corrected chi connectivity index (χ2v) is 4.51. The fourth-order valence-corrected chi connectivity index (χ4v) is 1.91. The quantitative estimate of drug-likeness (QED) is 0.646. The van der Waals surface area contributed by atoms with Gasteiger partial charge in [-0.05, 0) is 0 Å². The van der Waals surface area contributed by atoms with E-state index in [1.54, 1.807) is 36.1 Å². The molecular weight excluding hydrogens is 278 g/mol. The van der Waals surface area contributed by atoms with Crippen molar-refractivity contribution >= 4 is 17.5 Å². The van der Waals surface area contributed by atoms with Crippen molar-refractivity contribution in [1.82, 2.24) is 14.8 Å². The van der Waals surface area contributed by atoms with Crippen molar-refractivity contribution in [1.29, 1.82) is 0 Å². The molecule has 0 aliphatic heterocycles. The van der Waals surface area contributed by atoms with E-state index >= 15 is 0 Å². The van der Waals surface area contributed by atoms with Crippen LogP contribution < -0.4 is 4.90 Å². The summed E-state index contributed by atoms with van der Waals surface area (Å²) < 4.78 is 1.63. The number of pyridine rings is 1. The number of hydrogen-bond acceptors (Lipinski definition) is 6. The van der Waals surface area contributed by atoms with Crippen molar-refractivity contribution in [2.75, 3.05) is 11.9 Å². The number of hydrogen-bond donors (Lipinski definition) is 1. The van der Waals surface area contributed by atoms with Crippen LogP contribution in [-0.2, 0) is 13.6 Å². The predicted molar refractivity (Wildman–Crippen MR) is 73.2 cm³/mol. The maximum atomic E-state index is 11.3. The van der Waals surface area contributed by atoms with Gasteiger partial charge in [0, 0.05) is 38.5 Å². The number of anilines is 1. The fraction of sp³-hybridized carbons (Fsp3) is 0.250. The first-order valence-electron chi connectivity index (χ1n) is 5.95. The van der Waals surface area contributed by atoms with Crippen LogP contribution in [0.5, 0.6) is 0 Å². The number of rotatable bonds is 5. The molecule has 0 fully saturated rings. The lowest BCUT2D eigenvalue weighted by atomic mass is 10.2. The first-order chi connectivity index (χ1) is 9.88. The van der Waals surface area contributed by atoms with E-state index in [-0.39, 0.29) is 17.1 Å². The molecule has 0 spiro atoms. The summed E-state index contributed by atoms with van der Waals surface area (Å²) in [4.78, 5) is 26.8. The van der Waals surface area contributed by atoms with Crippen LogP contribution in [-0.4, -0.2) is 37.8 Å². The molecule has 1 N–H and O–H groups in total. The zero-order chi connectivity index (χ0) is 15.6. The number of aromatic carboxylic acids is 1. The summed E-state index contributed by atoms with van der Waals surface area (Å²) in [6, 6.07) is 1.00. The highest BCUT2D eigenvalue weighted by molar-refractivity contribution is 5.94. The van der Waals surface area contributed by atoms with Gasteiger partial charge >= 0.3 is 5.97 Å². The van der Waals surface area contributed by atoms with Gasteiger partial charge in [-0.1, -0.05) is 0 Å². The van der Waals surface area contributed by atoms with E-state index in [9.17, 15) is 20.0 Å². The molecule has 0 aliphatic carbocycles. The van der Waals surface area contributed by atoms with Crippen LogP contribution in [0, 0.1) is 10.1 Å². The third-order valence-electron chi connectivity index (χ3n) is 2.83. The molecule has 0 atom stereocenters. The number of carboxylic acid groups (broad SMARTS) is 1. The monoisotopic (exact) mass is 291 g/mol. The largest absolute Gasteiger partial charge is 0.478 e. The minimum Gasteiger partial charge on any atom is -0.478 e. The van der Waals surface area contributed by atoms with Crippen LogP contribution in [0.25, 0.3) is 0 Å². The SMILES string of the molecule is CN(Cc1cnn(C)c1)c1ncc([N+](=O)[O-])cc1C(=O)O.